The predicted octanol–water partition coefficient (Wildman–Crippen LogP) is 2.96. The molecule has 2 heterocycles. The van der Waals surface area contributed by atoms with Gasteiger partial charge in [0.15, 0.2) is 0 Å². The minimum atomic E-state index is -0.138. The fourth-order valence-corrected chi connectivity index (χ4v) is 4.08. The Morgan fingerprint density at radius 2 is 1.24 bits per heavy atom. The Bertz CT molecular complexity index is 385. The normalized spacial score (nSPS) is 25.3. The summed E-state index contributed by atoms with van der Waals surface area (Å²) in [7, 11) is 0. The topological polar surface area (TPSA) is 40.6 Å². The highest BCUT2D eigenvalue weighted by molar-refractivity contribution is 5.80. The fourth-order valence-electron chi connectivity index (χ4n) is 4.08. The van der Waals surface area contributed by atoms with Crippen LogP contribution in [0.3, 0.4) is 0 Å². The van der Waals surface area contributed by atoms with Crippen molar-refractivity contribution in [1.29, 1.82) is 0 Å². The molecule has 0 saturated carbocycles. The molecule has 21 heavy (non-hydrogen) atoms. The van der Waals surface area contributed by atoms with E-state index in [2.05, 4.69) is 37.5 Å². The Hall–Kier alpha value is -1.06. The van der Waals surface area contributed by atoms with Crippen molar-refractivity contribution in [3.63, 3.8) is 0 Å². The maximum absolute atomic E-state index is 12.2. The van der Waals surface area contributed by atoms with Gasteiger partial charge in [-0.05, 0) is 46.0 Å². The lowest BCUT2D eigenvalue weighted by Crippen LogP contribution is -2.56. The summed E-state index contributed by atoms with van der Waals surface area (Å²) >= 11 is 0. The average molecular weight is 294 g/mol. The molecule has 2 aliphatic heterocycles. The summed E-state index contributed by atoms with van der Waals surface area (Å²) in [6.07, 6.45) is 6.07. The van der Waals surface area contributed by atoms with E-state index >= 15 is 0 Å². The van der Waals surface area contributed by atoms with Crippen LogP contribution in [0.15, 0.2) is 0 Å². The number of hydrogen-bond donors (Lipinski definition) is 0. The third-order valence-electron chi connectivity index (χ3n) is 5.74. The molecule has 0 bridgehead atoms. The van der Waals surface area contributed by atoms with Crippen molar-refractivity contribution >= 4 is 11.8 Å². The van der Waals surface area contributed by atoms with Crippen molar-refractivity contribution in [3.05, 3.63) is 0 Å². The summed E-state index contributed by atoms with van der Waals surface area (Å²) in [4.78, 5) is 28.5. The summed E-state index contributed by atoms with van der Waals surface area (Å²) in [6.45, 7) is 10.5. The zero-order valence-electron chi connectivity index (χ0n) is 14.1. The van der Waals surface area contributed by atoms with Crippen LogP contribution < -0.4 is 0 Å². The molecule has 4 nitrogen and oxygen atoms in total. The highest BCUT2D eigenvalue weighted by Crippen LogP contribution is 2.38. The van der Waals surface area contributed by atoms with E-state index in [0.29, 0.717) is 12.8 Å². The van der Waals surface area contributed by atoms with E-state index in [0.717, 1.165) is 45.2 Å². The van der Waals surface area contributed by atoms with Crippen LogP contribution in [0, 0.1) is 0 Å². The zero-order chi connectivity index (χ0) is 15.7. The summed E-state index contributed by atoms with van der Waals surface area (Å²) < 4.78 is 0. The van der Waals surface area contributed by atoms with Gasteiger partial charge in [-0.2, -0.15) is 0 Å². The van der Waals surface area contributed by atoms with Crippen molar-refractivity contribution < 1.29 is 9.59 Å². The molecule has 2 unspecified atom stereocenters. The quantitative estimate of drug-likeness (QED) is 0.755. The molecule has 0 spiro atoms. The van der Waals surface area contributed by atoms with Crippen LogP contribution in [-0.2, 0) is 9.59 Å². The van der Waals surface area contributed by atoms with E-state index in [-0.39, 0.29) is 22.9 Å². The molecule has 4 heteroatoms. The van der Waals surface area contributed by atoms with Crippen LogP contribution in [0.5, 0.6) is 0 Å². The van der Waals surface area contributed by atoms with Gasteiger partial charge in [0.2, 0.25) is 11.8 Å². The molecule has 0 N–H and O–H groups in total. The molecule has 0 aromatic carbocycles. The molecule has 2 amide bonds. The first-order valence-electron chi connectivity index (χ1n) is 8.47. The molecule has 2 atom stereocenters. The molecular formula is C17H30N2O2. The van der Waals surface area contributed by atoms with Gasteiger partial charge in [-0.25, -0.2) is 0 Å². The Kier molecular flexibility index (Phi) is 4.64. The van der Waals surface area contributed by atoms with E-state index in [1.807, 2.05) is 0 Å². The van der Waals surface area contributed by atoms with Crippen LogP contribution in [0.2, 0.25) is 0 Å². The summed E-state index contributed by atoms with van der Waals surface area (Å²) in [5.74, 6) is 0.566. The predicted molar refractivity (Wildman–Crippen MR) is 83.9 cm³/mol. The standard InChI is InChI=1S/C17H30N2O2/c1-5-16(3,18-11-7-9-14(18)20)13-17(4,6-2)19-12-8-10-15(19)21/h5-13H2,1-4H3. The highest BCUT2D eigenvalue weighted by atomic mass is 16.2. The van der Waals surface area contributed by atoms with Crippen molar-refractivity contribution in [1.82, 2.24) is 9.80 Å². The molecule has 2 aliphatic rings. The molecule has 2 rings (SSSR count). The van der Waals surface area contributed by atoms with Gasteiger partial charge in [-0.1, -0.05) is 13.8 Å². The molecule has 0 aromatic heterocycles. The van der Waals surface area contributed by atoms with Gasteiger partial charge in [0.1, 0.15) is 0 Å². The second-order valence-corrected chi connectivity index (χ2v) is 7.18. The van der Waals surface area contributed by atoms with Gasteiger partial charge in [0, 0.05) is 37.0 Å². The zero-order valence-corrected chi connectivity index (χ0v) is 14.1. The Morgan fingerprint density at radius 1 is 0.857 bits per heavy atom. The average Bonchev–Trinajstić information content (AvgIpc) is 3.07. The van der Waals surface area contributed by atoms with Gasteiger partial charge in [-0.3, -0.25) is 9.59 Å². The van der Waals surface area contributed by atoms with Crippen molar-refractivity contribution in [2.75, 3.05) is 13.1 Å². The second kappa shape index (κ2) is 5.98. The Labute approximate surface area is 128 Å². The number of nitrogens with zero attached hydrogens (tertiary/aromatic N) is 2. The summed E-state index contributed by atoms with van der Waals surface area (Å²) in [5, 5.41) is 0. The third kappa shape index (κ3) is 2.95. The number of carbonyl (C=O) groups excluding carboxylic acids is 2. The molecule has 2 saturated heterocycles. The van der Waals surface area contributed by atoms with Gasteiger partial charge < -0.3 is 9.80 Å². The first-order valence-corrected chi connectivity index (χ1v) is 8.47. The van der Waals surface area contributed by atoms with Gasteiger partial charge in [0.25, 0.3) is 0 Å². The molecule has 0 aliphatic carbocycles. The second-order valence-electron chi connectivity index (χ2n) is 7.18. The van der Waals surface area contributed by atoms with Crippen LogP contribution in [0.4, 0.5) is 0 Å². The third-order valence-corrected chi connectivity index (χ3v) is 5.74. The minimum absolute atomic E-state index is 0.138. The van der Waals surface area contributed by atoms with Gasteiger partial charge in [-0.15, -0.1) is 0 Å². The number of likely N-dealkylation sites (tertiary alicyclic amines) is 2. The lowest BCUT2D eigenvalue weighted by Gasteiger charge is -2.48. The molecule has 2 fully saturated rings. The van der Waals surface area contributed by atoms with E-state index in [1.165, 1.54) is 0 Å². The smallest absolute Gasteiger partial charge is 0.223 e. The Balaban J connectivity index is 2.21. The van der Waals surface area contributed by atoms with Crippen molar-refractivity contribution in [2.45, 2.75) is 83.7 Å². The Morgan fingerprint density at radius 3 is 1.48 bits per heavy atom. The SMILES string of the molecule is CCC(C)(CC(C)(CC)N1CCCC1=O)N1CCCC1=O. The lowest BCUT2D eigenvalue weighted by atomic mass is 9.79. The minimum Gasteiger partial charge on any atom is -0.337 e. The number of carbonyl (C=O) groups is 2. The molecular weight excluding hydrogens is 264 g/mol. The van der Waals surface area contributed by atoms with E-state index in [4.69, 9.17) is 0 Å². The lowest BCUT2D eigenvalue weighted by molar-refractivity contribution is -0.137. The highest BCUT2D eigenvalue weighted by Gasteiger charge is 2.45. The maximum Gasteiger partial charge on any atom is 0.223 e. The fraction of sp³-hybridized carbons (Fsp3) is 0.882. The first-order chi connectivity index (χ1) is 9.86. The van der Waals surface area contributed by atoms with Crippen LogP contribution in [0.1, 0.15) is 72.6 Å². The monoisotopic (exact) mass is 294 g/mol. The van der Waals surface area contributed by atoms with Crippen LogP contribution >= 0.6 is 0 Å². The molecule has 120 valence electrons. The van der Waals surface area contributed by atoms with Crippen LogP contribution in [-0.4, -0.2) is 45.8 Å². The van der Waals surface area contributed by atoms with Crippen LogP contribution in [0.25, 0.3) is 0 Å². The van der Waals surface area contributed by atoms with Crippen molar-refractivity contribution in [3.8, 4) is 0 Å². The van der Waals surface area contributed by atoms with E-state index in [1.54, 1.807) is 0 Å². The first kappa shape index (κ1) is 16.3. The number of hydrogen-bond acceptors (Lipinski definition) is 2. The largest absolute Gasteiger partial charge is 0.337 e. The van der Waals surface area contributed by atoms with E-state index < -0.39 is 0 Å². The summed E-state index contributed by atoms with van der Waals surface area (Å²) in [6, 6.07) is 0. The number of amides is 2. The number of rotatable bonds is 6. The maximum atomic E-state index is 12.2. The van der Waals surface area contributed by atoms with Gasteiger partial charge in [0.05, 0.1) is 0 Å². The van der Waals surface area contributed by atoms with Gasteiger partial charge >= 0.3 is 0 Å². The molecule has 0 radical (unpaired) electrons. The van der Waals surface area contributed by atoms with E-state index in [9.17, 15) is 9.59 Å². The summed E-state index contributed by atoms with van der Waals surface area (Å²) in [5.41, 5.74) is -0.275. The molecule has 0 aromatic rings. The van der Waals surface area contributed by atoms with Crippen molar-refractivity contribution in [2.24, 2.45) is 0 Å².